The Bertz CT molecular complexity index is 569. The van der Waals surface area contributed by atoms with Gasteiger partial charge in [0.1, 0.15) is 6.04 Å². The molecule has 6 nitrogen and oxygen atoms in total. The molecule has 1 aliphatic heterocycles. The van der Waals surface area contributed by atoms with Gasteiger partial charge in [-0.3, -0.25) is 9.59 Å². The molecule has 2 rings (SSSR count). The number of amides is 2. The highest BCUT2D eigenvalue weighted by Crippen LogP contribution is 2.29. The first-order valence-corrected chi connectivity index (χ1v) is 7.05. The molecule has 2 amide bonds. The van der Waals surface area contributed by atoms with Crippen molar-refractivity contribution in [2.45, 2.75) is 37.6 Å². The zero-order valence-electron chi connectivity index (χ0n) is 12.4. The number of nitrogens with zero attached hydrogens (tertiary/aromatic N) is 1. The van der Waals surface area contributed by atoms with E-state index >= 15 is 0 Å². The SMILES string of the molecule is C[C@](O)(CNC(=O)[C@H]1CCCN1C(=O)c1ccco1)C(F)(F)F. The van der Waals surface area contributed by atoms with Crippen LogP contribution >= 0.6 is 0 Å². The third kappa shape index (κ3) is 3.66. The van der Waals surface area contributed by atoms with Crippen LogP contribution in [0.1, 0.15) is 30.3 Å². The van der Waals surface area contributed by atoms with Crippen molar-refractivity contribution in [3.63, 3.8) is 0 Å². The van der Waals surface area contributed by atoms with Gasteiger partial charge in [0, 0.05) is 6.54 Å². The van der Waals surface area contributed by atoms with Gasteiger partial charge in [-0.25, -0.2) is 0 Å². The lowest BCUT2D eigenvalue weighted by Gasteiger charge is -2.28. The first-order chi connectivity index (χ1) is 10.6. The molecule has 1 aliphatic rings. The zero-order chi connectivity index (χ0) is 17.3. The van der Waals surface area contributed by atoms with Crippen molar-refractivity contribution < 1.29 is 32.3 Å². The summed E-state index contributed by atoms with van der Waals surface area (Å²) in [5, 5.41) is 11.4. The largest absolute Gasteiger partial charge is 0.459 e. The second kappa shape index (κ2) is 6.23. The van der Waals surface area contributed by atoms with Crippen molar-refractivity contribution in [1.82, 2.24) is 10.2 Å². The summed E-state index contributed by atoms with van der Waals surface area (Å²) < 4.78 is 42.7. The molecule has 0 aliphatic carbocycles. The Labute approximate surface area is 130 Å². The van der Waals surface area contributed by atoms with Gasteiger partial charge in [0.15, 0.2) is 11.4 Å². The average molecular weight is 334 g/mol. The van der Waals surface area contributed by atoms with Crippen molar-refractivity contribution in [3.8, 4) is 0 Å². The fraction of sp³-hybridized carbons (Fsp3) is 0.571. The van der Waals surface area contributed by atoms with E-state index in [9.17, 15) is 27.9 Å². The highest BCUT2D eigenvalue weighted by atomic mass is 19.4. The lowest BCUT2D eigenvalue weighted by Crippen LogP contribution is -2.54. The van der Waals surface area contributed by atoms with Crippen molar-refractivity contribution in [2.75, 3.05) is 13.1 Å². The first kappa shape index (κ1) is 17.3. The Morgan fingerprint density at radius 2 is 2.17 bits per heavy atom. The number of nitrogens with one attached hydrogen (secondary N) is 1. The monoisotopic (exact) mass is 334 g/mol. The van der Waals surface area contributed by atoms with Crippen LogP contribution in [-0.2, 0) is 4.79 Å². The van der Waals surface area contributed by atoms with E-state index in [0.29, 0.717) is 26.3 Å². The van der Waals surface area contributed by atoms with Crippen LogP contribution in [0.25, 0.3) is 0 Å². The van der Waals surface area contributed by atoms with E-state index in [0.717, 1.165) is 0 Å². The summed E-state index contributed by atoms with van der Waals surface area (Å²) in [6.45, 7) is -0.0877. The molecule has 9 heteroatoms. The molecular formula is C14H17F3N2O4. The first-order valence-electron chi connectivity index (χ1n) is 7.05. The molecule has 0 bridgehead atoms. The molecule has 23 heavy (non-hydrogen) atoms. The molecule has 2 N–H and O–H groups in total. The van der Waals surface area contributed by atoms with Crippen LogP contribution < -0.4 is 5.32 Å². The molecule has 0 spiro atoms. The van der Waals surface area contributed by atoms with Gasteiger partial charge in [0.2, 0.25) is 5.91 Å². The number of carbonyl (C=O) groups excluding carboxylic acids is 2. The molecule has 1 aromatic heterocycles. The van der Waals surface area contributed by atoms with E-state index < -0.39 is 36.2 Å². The lowest BCUT2D eigenvalue weighted by molar-refractivity contribution is -0.250. The van der Waals surface area contributed by atoms with E-state index in [1.807, 2.05) is 0 Å². The van der Waals surface area contributed by atoms with Crippen LogP contribution in [0.3, 0.4) is 0 Å². The van der Waals surface area contributed by atoms with E-state index in [4.69, 9.17) is 4.42 Å². The topological polar surface area (TPSA) is 82.8 Å². The Morgan fingerprint density at radius 3 is 2.74 bits per heavy atom. The molecule has 0 radical (unpaired) electrons. The molecule has 1 fully saturated rings. The molecule has 1 aromatic rings. The number of furan rings is 1. The number of hydrogen-bond acceptors (Lipinski definition) is 4. The minimum Gasteiger partial charge on any atom is -0.459 e. The number of carbonyl (C=O) groups is 2. The normalized spacial score (nSPS) is 21.1. The lowest BCUT2D eigenvalue weighted by atomic mass is 10.1. The van der Waals surface area contributed by atoms with Crippen molar-refractivity contribution >= 4 is 11.8 Å². The minimum absolute atomic E-state index is 0.0620. The molecule has 0 saturated carbocycles. The van der Waals surface area contributed by atoms with E-state index in [-0.39, 0.29) is 5.76 Å². The Kier molecular flexibility index (Phi) is 4.69. The second-order valence-corrected chi connectivity index (χ2v) is 5.62. The predicted octanol–water partition coefficient (Wildman–Crippen LogP) is 1.31. The van der Waals surface area contributed by atoms with Gasteiger partial charge in [0.05, 0.1) is 12.8 Å². The number of aliphatic hydroxyl groups is 1. The van der Waals surface area contributed by atoms with Gasteiger partial charge < -0.3 is 19.7 Å². The number of rotatable bonds is 4. The summed E-state index contributed by atoms with van der Waals surface area (Å²) in [6.07, 6.45) is -2.65. The average Bonchev–Trinajstić information content (AvgIpc) is 3.13. The van der Waals surface area contributed by atoms with E-state index in [1.165, 1.54) is 23.3 Å². The maximum Gasteiger partial charge on any atom is 0.418 e. The second-order valence-electron chi connectivity index (χ2n) is 5.62. The maximum absolute atomic E-state index is 12.6. The molecular weight excluding hydrogens is 317 g/mol. The summed E-state index contributed by atoms with van der Waals surface area (Å²) in [7, 11) is 0. The summed E-state index contributed by atoms with van der Waals surface area (Å²) in [5.41, 5.74) is -3.03. The summed E-state index contributed by atoms with van der Waals surface area (Å²) in [4.78, 5) is 25.6. The Morgan fingerprint density at radius 1 is 1.48 bits per heavy atom. The van der Waals surface area contributed by atoms with Crippen LogP contribution in [0.2, 0.25) is 0 Å². The number of halogens is 3. The molecule has 0 unspecified atom stereocenters. The zero-order valence-corrected chi connectivity index (χ0v) is 12.4. The van der Waals surface area contributed by atoms with Crippen LogP contribution in [0.5, 0.6) is 0 Å². The van der Waals surface area contributed by atoms with Crippen LogP contribution in [-0.4, -0.2) is 52.7 Å². The Hall–Kier alpha value is -2.03. The van der Waals surface area contributed by atoms with Crippen molar-refractivity contribution in [2.24, 2.45) is 0 Å². The summed E-state index contributed by atoms with van der Waals surface area (Å²) in [6, 6.07) is 2.10. The van der Waals surface area contributed by atoms with E-state index in [2.05, 4.69) is 5.32 Å². The Balaban J connectivity index is 2.00. The quantitative estimate of drug-likeness (QED) is 0.870. The maximum atomic E-state index is 12.6. The van der Waals surface area contributed by atoms with Gasteiger partial charge in [-0.1, -0.05) is 0 Å². The molecule has 1 saturated heterocycles. The predicted molar refractivity (Wildman–Crippen MR) is 72.5 cm³/mol. The summed E-state index contributed by atoms with van der Waals surface area (Å²) >= 11 is 0. The van der Waals surface area contributed by atoms with Gasteiger partial charge in [-0.15, -0.1) is 0 Å². The fourth-order valence-electron chi connectivity index (χ4n) is 2.30. The molecule has 0 aromatic carbocycles. The molecule has 2 atom stereocenters. The molecule has 2 heterocycles. The van der Waals surface area contributed by atoms with Crippen LogP contribution in [0.4, 0.5) is 13.2 Å². The fourth-order valence-corrected chi connectivity index (χ4v) is 2.30. The number of alkyl halides is 3. The highest BCUT2D eigenvalue weighted by molar-refractivity contribution is 5.95. The number of hydrogen-bond donors (Lipinski definition) is 2. The van der Waals surface area contributed by atoms with Gasteiger partial charge >= 0.3 is 6.18 Å². The third-order valence-electron chi connectivity index (χ3n) is 3.77. The van der Waals surface area contributed by atoms with Crippen LogP contribution in [0.15, 0.2) is 22.8 Å². The number of likely N-dealkylation sites (tertiary alicyclic amines) is 1. The van der Waals surface area contributed by atoms with Crippen molar-refractivity contribution in [3.05, 3.63) is 24.2 Å². The highest BCUT2D eigenvalue weighted by Gasteiger charge is 2.50. The molecule has 128 valence electrons. The minimum atomic E-state index is -4.86. The standard InChI is InChI=1S/C14H17F3N2O4/c1-13(22,14(15,16)17)8-18-11(20)9-4-2-6-19(9)12(21)10-5-3-7-23-10/h3,5,7,9,22H,2,4,6,8H2,1H3,(H,18,20)/t9-,13+/m1/s1. The third-order valence-corrected chi connectivity index (χ3v) is 3.77. The van der Waals surface area contributed by atoms with Crippen molar-refractivity contribution in [1.29, 1.82) is 0 Å². The van der Waals surface area contributed by atoms with Gasteiger partial charge in [0.25, 0.3) is 5.91 Å². The summed E-state index contributed by atoms with van der Waals surface area (Å²) in [5.74, 6) is -1.16. The van der Waals surface area contributed by atoms with Gasteiger partial charge in [-0.05, 0) is 31.9 Å². The van der Waals surface area contributed by atoms with E-state index in [1.54, 1.807) is 0 Å². The van der Waals surface area contributed by atoms with Crippen LogP contribution in [0, 0.1) is 0 Å². The smallest absolute Gasteiger partial charge is 0.418 e. The van der Waals surface area contributed by atoms with Gasteiger partial charge in [-0.2, -0.15) is 13.2 Å².